The lowest BCUT2D eigenvalue weighted by Crippen LogP contribution is -2.35. The Balaban J connectivity index is -0.000000301. The van der Waals surface area contributed by atoms with Crippen LogP contribution in [-0.4, -0.2) is 37.6 Å². The highest BCUT2D eigenvalue weighted by atomic mass is 16.5. The molecule has 3 heteroatoms. The lowest BCUT2D eigenvalue weighted by molar-refractivity contribution is -0.133. The van der Waals surface area contributed by atoms with Crippen LogP contribution in [0.5, 0.6) is 0 Å². The number of carbonyl (C=O) groups is 1. The Morgan fingerprint density at radius 2 is 1.38 bits per heavy atom. The van der Waals surface area contributed by atoms with E-state index in [1.54, 1.807) is 7.11 Å². The molecule has 0 spiro atoms. The van der Waals surface area contributed by atoms with Gasteiger partial charge in [0.2, 0.25) is 5.91 Å². The van der Waals surface area contributed by atoms with Crippen LogP contribution in [0.1, 0.15) is 86.5 Å². The van der Waals surface area contributed by atoms with E-state index >= 15 is 0 Å². The molecule has 1 saturated heterocycles. The van der Waals surface area contributed by atoms with Crippen LogP contribution in [0.3, 0.4) is 0 Å². The highest BCUT2D eigenvalue weighted by Gasteiger charge is 2.15. The number of hydrogen-bond acceptors (Lipinski definition) is 2. The zero-order chi connectivity index (χ0) is 16.9. The van der Waals surface area contributed by atoms with Crippen LogP contribution in [0.15, 0.2) is 0 Å². The third-order valence-electron chi connectivity index (χ3n) is 2.73. The lowest BCUT2D eigenvalue weighted by atomic mass is 10.1. The van der Waals surface area contributed by atoms with E-state index < -0.39 is 0 Å². The second kappa shape index (κ2) is 24.4. The molecular weight excluding hydrogens is 262 g/mol. The third kappa shape index (κ3) is 21.9. The highest BCUT2D eigenvalue weighted by molar-refractivity contribution is 5.76. The minimum Gasteiger partial charge on any atom is -0.384 e. The lowest BCUT2D eigenvalue weighted by Gasteiger charge is -2.26. The number of ether oxygens (including phenoxy) is 1. The highest BCUT2D eigenvalue weighted by Crippen LogP contribution is 2.09. The fraction of sp³-hybridized carbons (Fsp3) is 0.944. The van der Waals surface area contributed by atoms with E-state index in [0.717, 1.165) is 13.1 Å². The van der Waals surface area contributed by atoms with Crippen LogP contribution in [-0.2, 0) is 9.53 Å². The van der Waals surface area contributed by atoms with Gasteiger partial charge in [0.25, 0.3) is 0 Å². The van der Waals surface area contributed by atoms with Gasteiger partial charge in [-0.05, 0) is 19.3 Å². The molecule has 1 aliphatic rings. The first-order valence-electron chi connectivity index (χ1n) is 8.94. The number of piperidine rings is 1. The molecule has 0 bridgehead atoms. The molecule has 1 rings (SSSR count). The number of methoxy groups -OCH3 is 1. The summed E-state index contributed by atoms with van der Waals surface area (Å²) >= 11 is 0. The van der Waals surface area contributed by atoms with Gasteiger partial charge in [-0.1, -0.05) is 60.8 Å². The summed E-state index contributed by atoms with van der Waals surface area (Å²) in [5.74, 6) is 0.247. The Morgan fingerprint density at radius 3 is 1.71 bits per heavy atom. The number of nitrogens with zero attached hydrogens (tertiary/aromatic N) is 1. The Hall–Kier alpha value is -0.570. The van der Waals surface area contributed by atoms with Crippen molar-refractivity contribution >= 4 is 5.91 Å². The van der Waals surface area contributed by atoms with Crippen LogP contribution >= 0.6 is 0 Å². The minimum atomic E-state index is 0.247. The van der Waals surface area contributed by atoms with Gasteiger partial charge in [-0.25, -0.2) is 0 Å². The van der Waals surface area contributed by atoms with Gasteiger partial charge in [-0.2, -0.15) is 0 Å². The predicted molar refractivity (Wildman–Crippen MR) is 94.8 cm³/mol. The smallest absolute Gasteiger partial charge is 0.224 e. The number of likely N-dealkylation sites (tertiary alicyclic amines) is 1. The summed E-state index contributed by atoms with van der Waals surface area (Å²) in [6.07, 6.45) is 8.03. The van der Waals surface area contributed by atoms with Gasteiger partial charge in [-0.3, -0.25) is 4.79 Å². The molecule has 0 aromatic carbocycles. The number of rotatable bonds is 4. The van der Waals surface area contributed by atoms with Gasteiger partial charge in [-0.15, -0.1) is 0 Å². The monoisotopic (exact) mass is 303 g/mol. The van der Waals surface area contributed by atoms with E-state index in [4.69, 9.17) is 4.74 Å². The van der Waals surface area contributed by atoms with Crippen molar-refractivity contribution in [3.05, 3.63) is 0 Å². The molecule has 0 unspecified atom stereocenters. The first-order chi connectivity index (χ1) is 10.2. The van der Waals surface area contributed by atoms with Gasteiger partial charge in [0.05, 0.1) is 13.0 Å². The van der Waals surface area contributed by atoms with Crippen molar-refractivity contribution in [2.45, 2.75) is 86.5 Å². The van der Waals surface area contributed by atoms with Gasteiger partial charge < -0.3 is 9.64 Å². The molecule has 0 aromatic rings. The second-order valence-electron chi connectivity index (χ2n) is 4.89. The molecule has 130 valence electrons. The van der Waals surface area contributed by atoms with Gasteiger partial charge in [0.1, 0.15) is 0 Å². The average Bonchev–Trinajstić information content (AvgIpc) is 2.56. The van der Waals surface area contributed by atoms with Crippen molar-refractivity contribution in [2.75, 3.05) is 26.8 Å². The molecule has 1 aliphatic heterocycles. The van der Waals surface area contributed by atoms with Crippen molar-refractivity contribution in [3.8, 4) is 0 Å². The van der Waals surface area contributed by atoms with Gasteiger partial charge >= 0.3 is 0 Å². The average molecular weight is 304 g/mol. The molecule has 0 N–H and O–H groups in total. The number of unbranched alkanes of at least 4 members (excludes halogenated alkanes) is 1. The molecule has 0 radical (unpaired) electrons. The normalized spacial score (nSPS) is 12.8. The zero-order valence-electron chi connectivity index (χ0n) is 15.8. The number of hydrogen-bond donors (Lipinski definition) is 0. The molecule has 0 aromatic heterocycles. The van der Waals surface area contributed by atoms with E-state index in [9.17, 15) is 4.79 Å². The first-order valence-corrected chi connectivity index (χ1v) is 8.94. The molecule has 1 amide bonds. The topological polar surface area (TPSA) is 29.5 Å². The largest absolute Gasteiger partial charge is 0.384 e. The SMILES string of the molecule is CC.CCC.CCCC.COCCC(=O)N1CCCCC1. The second-order valence-corrected chi connectivity index (χ2v) is 4.89. The maximum Gasteiger partial charge on any atom is 0.224 e. The molecule has 0 atom stereocenters. The van der Waals surface area contributed by atoms with Crippen LogP contribution in [0.2, 0.25) is 0 Å². The van der Waals surface area contributed by atoms with E-state index in [-0.39, 0.29) is 5.91 Å². The van der Waals surface area contributed by atoms with Gasteiger partial charge in [0.15, 0.2) is 0 Å². The van der Waals surface area contributed by atoms with E-state index in [2.05, 4.69) is 27.7 Å². The van der Waals surface area contributed by atoms with Crippen molar-refractivity contribution in [1.29, 1.82) is 0 Å². The zero-order valence-corrected chi connectivity index (χ0v) is 15.8. The number of carbonyl (C=O) groups excluding carboxylic acids is 1. The van der Waals surface area contributed by atoms with E-state index in [1.807, 2.05) is 18.7 Å². The van der Waals surface area contributed by atoms with Crippen LogP contribution in [0, 0.1) is 0 Å². The molecule has 3 nitrogen and oxygen atoms in total. The minimum absolute atomic E-state index is 0.247. The standard InChI is InChI=1S/C9H17NO2.C4H10.C3H8.C2H6/c1-12-8-5-9(11)10-6-3-2-4-7-10;1-3-4-2;1-3-2;1-2/h2-8H2,1H3;3-4H2,1-2H3;3H2,1-2H3;1-2H3. The summed E-state index contributed by atoms with van der Waals surface area (Å²) in [6, 6.07) is 0. The summed E-state index contributed by atoms with van der Waals surface area (Å²) in [5, 5.41) is 0. The summed E-state index contributed by atoms with van der Waals surface area (Å²) < 4.78 is 4.86. The summed E-state index contributed by atoms with van der Waals surface area (Å²) in [4.78, 5) is 13.3. The first kappa shape index (κ1) is 25.4. The Kier molecular flexibility index (Phi) is 29.6. The maximum atomic E-state index is 11.4. The van der Waals surface area contributed by atoms with Crippen LogP contribution in [0.4, 0.5) is 0 Å². The van der Waals surface area contributed by atoms with Crippen molar-refractivity contribution < 1.29 is 9.53 Å². The summed E-state index contributed by atoms with van der Waals surface area (Å²) in [5.41, 5.74) is 0. The Labute approximate surface area is 134 Å². The molecular formula is C18H41NO2. The van der Waals surface area contributed by atoms with Crippen molar-refractivity contribution in [3.63, 3.8) is 0 Å². The molecule has 21 heavy (non-hydrogen) atoms. The molecule has 1 heterocycles. The quantitative estimate of drug-likeness (QED) is 0.706. The van der Waals surface area contributed by atoms with E-state index in [0.29, 0.717) is 13.0 Å². The fourth-order valence-corrected chi connectivity index (χ4v) is 1.49. The summed E-state index contributed by atoms with van der Waals surface area (Å²) in [7, 11) is 1.63. The molecule has 0 aliphatic carbocycles. The summed E-state index contributed by atoms with van der Waals surface area (Å²) in [6.45, 7) is 15.1. The third-order valence-corrected chi connectivity index (χ3v) is 2.73. The van der Waals surface area contributed by atoms with Crippen LogP contribution < -0.4 is 0 Å². The van der Waals surface area contributed by atoms with Gasteiger partial charge in [0, 0.05) is 20.2 Å². The van der Waals surface area contributed by atoms with Crippen molar-refractivity contribution in [2.24, 2.45) is 0 Å². The predicted octanol–water partition coefficient (Wildman–Crippen LogP) is 5.28. The van der Waals surface area contributed by atoms with E-state index in [1.165, 1.54) is 38.5 Å². The van der Waals surface area contributed by atoms with Crippen LogP contribution in [0.25, 0.3) is 0 Å². The Morgan fingerprint density at radius 1 is 0.952 bits per heavy atom. The molecule has 1 fully saturated rings. The molecule has 0 saturated carbocycles. The fourth-order valence-electron chi connectivity index (χ4n) is 1.49. The maximum absolute atomic E-state index is 11.4. The number of amides is 1. The van der Waals surface area contributed by atoms with Crippen molar-refractivity contribution in [1.82, 2.24) is 4.90 Å². The Bertz CT molecular complexity index is 176.